The van der Waals surface area contributed by atoms with Gasteiger partial charge in [-0.2, -0.15) is 0 Å². The minimum absolute atomic E-state index is 0.649. The Morgan fingerprint density at radius 1 is 1.07 bits per heavy atom. The number of rotatable bonds is 4. The first-order valence-corrected chi connectivity index (χ1v) is 6.47. The van der Waals surface area contributed by atoms with Crippen LogP contribution in [0.3, 0.4) is 0 Å². The summed E-state index contributed by atoms with van der Waals surface area (Å²) in [6, 6.07) is 0.649. The van der Waals surface area contributed by atoms with Crippen molar-refractivity contribution < 1.29 is 0 Å². The largest absolute Gasteiger partial charge is 0.314 e. The first-order chi connectivity index (χ1) is 6.74. The van der Waals surface area contributed by atoms with Gasteiger partial charge in [-0.3, -0.25) is 0 Å². The van der Waals surface area contributed by atoms with Gasteiger partial charge < -0.3 is 5.32 Å². The third-order valence-electron chi connectivity index (χ3n) is 3.63. The van der Waals surface area contributed by atoms with Gasteiger partial charge in [-0.1, -0.05) is 52.9 Å². The summed E-state index contributed by atoms with van der Waals surface area (Å²) < 4.78 is 0. The zero-order valence-corrected chi connectivity index (χ0v) is 10.2. The van der Waals surface area contributed by atoms with Crippen LogP contribution in [0.4, 0.5) is 0 Å². The predicted molar refractivity (Wildman–Crippen MR) is 63.5 cm³/mol. The SMILES string of the molecule is CCC1CCCCCC1CNC(C)C. The van der Waals surface area contributed by atoms with E-state index in [1.807, 2.05) is 0 Å². The molecule has 0 aromatic carbocycles. The summed E-state index contributed by atoms with van der Waals surface area (Å²) in [7, 11) is 0. The van der Waals surface area contributed by atoms with Crippen molar-refractivity contribution in [2.75, 3.05) is 6.54 Å². The van der Waals surface area contributed by atoms with Gasteiger partial charge in [0.1, 0.15) is 0 Å². The van der Waals surface area contributed by atoms with Gasteiger partial charge in [0.2, 0.25) is 0 Å². The number of hydrogen-bond donors (Lipinski definition) is 1. The topological polar surface area (TPSA) is 12.0 Å². The molecule has 0 aromatic rings. The molecule has 1 nitrogen and oxygen atoms in total. The van der Waals surface area contributed by atoms with Crippen molar-refractivity contribution in [2.24, 2.45) is 11.8 Å². The lowest BCUT2D eigenvalue weighted by Crippen LogP contribution is -2.32. The highest BCUT2D eigenvalue weighted by molar-refractivity contribution is 4.75. The maximum Gasteiger partial charge on any atom is 0.00104 e. The molecule has 1 saturated carbocycles. The molecule has 1 rings (SSSR count). The highest BCUT2D eigenvalue weighted by Crippen LogP contribution is 2.30. The average molecular weight is 197 g/mol. The minimum Gasteiger partial charge on any atom is -0.314 e. The lowest BCUT2D eigenvalue weighted by Gasteiger charge is -2.25. The van der Waals surface area contributed by atoms with Crippen molar-refractivity contribution >= 4 is 0 Å². The molecule has 0 saturated heterocycles. The van der Waals surface area contributed by atoms with Crippen molar-refractivity contribution in [1.29, 1.82) is 0 Å². The molecule has 0 heterocycles. The third kappa shape index (κ3) is 4.00. The highest BCUT2D eigenvalue weighted by atomic mass is 14.9. The maximum absolute atomic E-state index is 3.61. The zero-order valence-electron chi connectivity index (χ0n) is 10.2. The van der Waals surface area contributed by atoms with Crippen LogP contribution in [0.1, 0.15) is 59.3 Å². The van der Waals surface area contributed by atoms with E-state index in [1.165, 1.54) is 45.1 Å². The van der Waals surface area contributed by atoms with E-state index in [-0.39, 0.29) is 0 Å². The Morgan fingerprint density at radius 3 is 2.29 bits per heavy atom. The number of hydrogen-bond acceptors (Lipinski definition) is 1. The molecule has 1 aliphatic rings. The molecule has 14 heavy (non-hydrogen) atoms. The quantitative estimate of drug-likeness (QED) is 0.679. The maximum atomic E-state index is 3.61. The van der Waals surface area contributed by atoms with Crippen molar-refractivity contribution in [3.63, 3.8) is 0 Å². The molecule has 2 atom stereocenters. The zero-order chi connectivity index (χ0) is 10.4. The normalized spacial score (nSPS) is 29.1. The van der Waals surface area contributed by atoms with Crippen LogP contribution in [0.15, 0.2) is 0 Å². The molecule has 0 aliphatic heterocycles. The molecule has 0 amide bonds. The number of nitrogens with one attached hydrogen (secondary N) is 1. The molecule has 0 radical (unpaired) electrons. The summed E-state index contributed by atoms with van der Waals surface area (Å²) >= 11 is 0. The van der Waals surface area contributed by atoms with Crippen LogP contribution in [0.2, 0.25) is 0 Å². The molecular weight excluding hydrogens is 170 g/mol. The molecule has 2 unspecified atom stereocenters. The Morgan fingerprint density at radius 2 is 1.71 bits per heavy atom. The second-order valence-electron chi connectivity index (χ2n) is 5.13. The summed E-state index contributed by atoms with van der Waals surface area (Å²) in [5.74, 6) is 1.94. The first-order valence-electron chi connectivity index (χ1n) is 6.47. The van der Waals surface area contributed by atoms with E-state index in [1.54, 1.807) is 0 Å². The summed E-state index contributed by atoms with van der Waals surface area (Å²) in [6.07, 6.45) is 8.70. The predicted octanol–water partition coefficient (Wildman–Crippen LogP) is 3.59. The van der Waals surface area contributed by atoms with Gasteiger partial charge >= 0.3 is 0 Å². The fraction of sp³-hybridized carbons (Fsp3) is 1.00. The van der Waals surface area contributed by atoms with Crippen LogP contribution in [0, 0.1) is 11.8 Å². The minimum atomic E-state index is 0.649. The summed E-state index contributed by atoms with van der Waals surface area (Å²) in [6.45, 7) is 8.10. The van der Waals surface area contributed by atoms with Crippen LogP contribution in [0.5, 0.6) is 0 Å². The third-order valence-corrected chi connectivity index (χ3v) is 3.63. The fourth-order valence-corrected chi connectivity index (χ4v) is 2.65. The second-order valence-corrected chi connectivity index (χ2v) is 5.13. The van der Waals surface area contributed by atoms with Gasteiger partial charge in [-0.05, 0) is 24.8 Å². The van der Waals surface area contributed by atoms with Crippen LogP contribution >= 0.6 is 0 Å². The van der Waals surface area contributed by atoms with Crippen LogP contribution in [-0.2, 0) is 0 Å². The molecule has 1 N–H and O–H groups in total. The smallest absolute Gasteiger partial charge is 0.00104 e. The summed E-state index contributed by atoms with van der Waals surface area (Å²) in [5, 5.41) is 3.61. The van der Waals surface area contributed by atoms with E-state index in [2.05, 4.69) is 26.1 Å². The Hall–Kier alpha value is -0.0400. The molecule has 1 aliphatic carbocycles. The van der Waals surface area contributed by atoms with Crippen molar-refractivity contribution in [3.05, 3.63) is 0 Å². The van der Waals surface area contributed by atoms with Crippen molar-refractivity contribution in [2.45, 2.75) is 65.3 Å². The fourth-order valence-electron chi connectivity index (χ4n) is 2.65. The summed E-state index contributed by atoms with van der Waals surface area (Å²) in [4.78, 5) is 0. The highest BCUT2D eigenvalue weighted by Gasteiger charge is 2.21. The van der Waals surface area contributed by atoms with Crippen molar-refractivity contribution in [1.82, 2.24) is 5.32 Å². The van der Waals surface area contributed by atoms with Gasteiger partial charge in [0.25, 0.3) is 0 Å². The van der Waals surface area contributed by atoms with Crippen molar-refractivity contribution in [3.8, 4) is 0 Å². The molecule has 1 heteroatoms. The van der Waals surface area contributed by atoms with Gasteiger partial charge in [-0.25, -0.2) is 0 Å². The lowest BCUT2D eigenvalue weighted by molar-refractivity contribution is 0.285. The standard InChI is InChI=1S/C13H27N/c1-4-12-8-6-5-7-9-13(12)10-14-11(2)3/h11-14H,4-10H2,1-3H3. The van der Waals surface area contributed by atoms with Gasteiger partial charge in [0, 0.05) is 6.04 Å². The van der Waals surface area contributed by atoms with E-state index in [0.29, 0.717) is 6.04 Å². The molecule has 84 valence electrons. The van der Waals surface area contributed by atoms with Gasteiger partial charge in [0.15, 0.2) is 0 Å². The Labute approximate surface area is 89.7 Å². The van der Waals surface area contributed by atoms with E-state index in [4.69, 9.17) is 0 Å². The monoisotopic (exact) mass is 197 g/mol. The second kappa shape index (κ2) is 6.44. The molecule has 1 fully saturated rings. The summed E-state index contributed by atoms with van der Waals surface area (Å²) in [5.41, 5.74) is 0. The molecular formula is C13H27N. The Bertz CT molecular complexity index is 142. The molecule has 0 spiro atoms. The molecule has 0 bridgehead atoms. The van der Waals surface area contributed by atoms with Crippen LogP contribution in [0.25, 0.3) is 0 Å². The van der Waals surface area contributed by atoms with E-state index in [0.717, 1.165) is 11.8 Å². The van der Waals surface area contributed by atoms with E-state index >= 15 is 0 Å². The van der Waals surface area contributed by atoms with Gasteiger partial charge in [-0.15, -0.1) is 0 Å². The van der Waals surface area contributed by atoms with Crippen LogP contribution < -0.4 is 5.32 Å². The average Bonchev–Trinajstić information content (AvgIpc) is 2.38. The lowest BCUT2D eigenvalue weighted by atomic mass is 9.86. The van der Waals surface area contributed by atoms with E-state index in [9.17, 15) is 0 Å². The van der Waals surface area contributed by atoms with Crippen LogP contribution in [-0.4, -0.2) is 12.6 Å². The molecule has 0 aromatic heterocycles. The Kier molecular flexibility index (Phi) is 5.54. The first kappa shape index (κ1) is 12.0. The Balaban J connectivity index is 2.36. The van der Waals surface area contributed by atoms with Gasteiger partial charge in [0.05, 0.1) is 0 Å². The van der Waals surface area contributed by atoms with E-state index < -0.39 is 0 Å².